The maximum Gasteiger partial charge on any atom is 0.0936 e. The number of morpholine rings is 1. The van der Waals surface area contributed by atoms with Crippen LogP contribution in [0.3, 0.4) is 0 Å². The molecule has 4 heteroatoms. The highest BCUT2D eigenvalue weighted by molar-refractivity contribution is 5.78. The van der Waals surface area contributed by atoms with Gasteiger partial charge in [0.15, 0.2) is 0 Å². The molecule has 20 heavy (non-hydrogen) atoms. The lowest BCUT2D eigenvalue weighted by Crippen LogP contribution is -2.47. The van der Waals surface area contributed by atoms with Gasteiger partial charge in [-0.25, -0.2) is 0 Å². The second-order valence-electron chi connectivity index (χ2n) is 5.44. The summed E-state index contributed by atoms with van der Waals surface area (Å²) in [6.45, 7) is 4.56. The number of pyridine rings is 1. The smallest absolute Gasteiger partial charge is 0.0936 e. The van der Waals surface area contributed by atoms with Crippen LogP contribution in [0.25, 0.3) is 10.9 Å². The molecule has 1 aliphatic rings. The van der Waals surface area contributed by atoms with Gasteiger partial charge in [0.25, 0.3) is 0 Å². The van der Waals surface area contributed by atoms with Crippen LogP contribution in [0.15, 0.2) is 36.4 Å². The second-order valence-corrected chi connectivity index (χ2v) is 5.44. The number of rotatable bonds is 3. The number of nitrogens with zero attached hydrogens (tertiary/aromatic N) is 2. The molecule has 0 amide bonds. The molecule has 2 aromatic rings. The van der Waals surface area contributed by atoms with Crippen LogP contribution >= 0.6 is 0 Å². The number of benzene rings is 1. The molecule has 1 N–H and O–H groups in total. The maximum atomic E-state index is 9.27. The fourth-order valence-corrected chi connectivity index (χ4v) is 2.80. The SMILES string of the molecule is CC1CN(Cc2ccc3ccccc3n2)CC(CO)O1. The van der Waals surface area contributed by atoms with Crippen molar-refractivity contribution in [2.24, 2.45) is 0 Å². The van der Waals surface area contributed by atoms with E-state index in [1.165, 1.54) is 5.39 Å². The average Bonchev–Trinajstić information content (AvgIpc) is 2.46. The molecular weight excluding hydrogens is 252 g/mol. The average molecular weight is 272 g/mol. The predicted octanol–water partition coefficient (Wildman–Crippen LogP) is 1.82. The first kappa shape index (κ1) is 13.5. The summed E-state index contributed by atoms with van der Waals surface area (Å²) in [7, 11) is 0. The molecule has 3 rings (SSSR count). The quantitative estimate of drug-likeness (QED) is 0.925. The van der Waals surface area contributed by atoms with Gasteiger partial charge in [0, 0.05) is 25.0 Å². The van der Waals surface area contributed by atoms with E-state index in [0.29, 0.717) is 0 Å². The van der Waals surface area contributed by atoms with Crippen molar-refractivity contribution < 1.29 is 9.84 Å². The van der Waals surface area contributed by atoms with Gasteiger partial charge in [-0.1, -0.05) is 24.3 Å². The molecule has 0 saturated carbocycles. The van der Waals surface area contributed by atoms with E-state index in [4.69, 9.17) is 9.72 Å². The van der Waals surface area contributed by atoms with Gasteiger partial charge in [0.2, 0.25) is 0 Å². The minimum Gasteiger partial charge on any atom is -0.394 e. The highest BCUT2D eigenvalue weighted by Gasteiger charge is 2.24. The summed E-state index contributed by atoms with van der Waals surface area (Å²) in [5, 5.41) is 10.4. The van der Waals surface area contributed by atoms with Crippen LogP contribution in [0.5, 0.6) is 0 Å². The van der Waals surface area contributed by atoms with E-state index in [1.54, 1.807) is 0 Å². The van der Waals surface area contributed by atoms with Crippen molar-refractivity contribution in [1.29, 1.82) is 0 Å². The lowest BCUT2D eigenvalue weighted by molar-refractivity contribution is -0.0974. The number of aliphatic hydroxyl groups excluding tert-OH is 1. The van der Waals surface area contributed by atoms with Crippen molar-refractivity contribution in [2.75, 3.05) is 19.7 Å². The van der Waals surface area contributed by atoms with Crippen molar-refractivity contribution in [1.82, 2.24) is 9.88 Å². The maximum absolute atomic E-state index is 9.27. The molecule has 106 valence electrons. The van der Waals surface area contributed by atoms with Crippen LogP contribution in [-0.2, 0) is 11.3 Å². The molecule has 0 bridgehead atoms. The molecular formula is C16H20N2O2. The number of hydrogen-bond donors (Lipinski definition) is 1. The van der Waals surface area contributed by atoms with Gasteiger partial charge in [-0.2, -0.15) is 0 Å². The predicted molar refractivity (Wildman–Crippen MR) is 78.4 cm³/mol. The number of fused-ring (bicyclic) bond motifs is 1. The standard InChI is InChI=1S/C16H20N2O2/c1-12-8-18(10-15(11-19)20-12)9-14-7-6-13-4-2-3-5-16(13)17-14/h2-7,12,15,19H,8-11H2,1H3. The van der Waals surface area contributed by atoms with Crippen molar-refractivity contribution in [3.05, 3.63) is 42.1 Å². The molecule has 0 radical (unpaired) electrons. The van der Waals surface area contributed by atoms with Crippen LogP contribution in [0.4, 0.5) is 0 Å². The van der Waals surface area contributed by atoms with Crippen LogP contribution < -0.4 is 0 Å². The van der Waals surface area contributed by atoms with Gasteiger partial charge in [0.05, 0.1) is 30.0 Å². The molecule has 1 aromatic heterocycles. The van der Waals surface area contributed by atoms with Gasteiger partial charge >= 0.3 is 0 Å². The summed E-state index contributed by atoms with van der Waals surface area (Å²) in [6, 6.07) is 12.3. The molecule has 0 spiro atoms. The van der Waals surface area contributed by atoms with E-state index in [0.717, 1.165) is 30.8 Å². The van der Waals surface area contributed by atoms with E-state index in [1.807, 2.05) is 25.1 Å². The Hall–Kier alpha value is -1.49. The van der Waals surface area contributed by atoms with Crippen molar-refractivity contribution in [2.45, 2.75) is 25.7 Å². The fraction of sp³-hybridized carbons (Fsp3) is 0.438. The van der Waals surface area contributed by atoms with Crippen molar-refractivity contribution in [3.63, 3.8) is 0 Å². The van der Waals surface area contributed by atoms with E-state index < -0.39 is 0 Å². The van der Waals surface area contributed by atoms with Crippen LogP contribution in [0, 0.1) is 0 Å². The van der Waals surface area contributed by atoms with Gasteiger partial charge < -0.3 is 9.84 Å². The Morgan fingerprint density at radius 2 is 2.10 bits per heavy atom. The third kappa shape index (κ3) is 2.98. The second kappa shape index (κ2) is 5.87. The molecule has 4 nitrogen and oxygen atoms in total. The summed E-state index contributed by atoms with van der Waals surface area (Å²) in [5.41, 5.74) is 2.10. The molecule has 1 aromatic carbocycles. The highest BCUT2D eigenvalue weighted by atomic mass is 16.5. The number of aromatic nitrogens is 1. The highest BCUT2D eigenvalue weighted by Crippen LogP contribution is 2.16. The Bertz CT molecular complexity index is 587. The zero-order chi connectivity index (χ0) is 13.9. The molecule has 2 atom stereocenters. The normalized spacial score (nSPS) is 24.1. The van der Waals surface area contributed by atoms with Crippen LogP contribution in [-0.4, -0.2) is 46.9 Å². The number of hydrogen-bond acceptors (Lipinski definition) is 4. The lowest BCUT2D eigenvalue weighted by atomic mass is 10.2. The van der Waals surface area contributed by atoms with Crippen molar-refractivity contribution >= 4 is 10.9 Å². The summed E-state index contributed by atoms with van der Waals surface area (Å²) in [4.78, 5) is 7.00. The molecule has 1 aliphatic heterocycles. The van der Waals surface area contributed by atoms with Crippen LogP contribution in [0.2, 0.25) is 0 Å². The first-order valence-electron chi connectivity index (χ1n) is 7.08. The van der Waals surface area contributed by atoms with E-state index >= 15 is 0 Å². The zero-order valence-corrected chi connectivity index (χ0v) is 11.7. The van der Waals surface area contributed by atoms with Gasteiger partial charge in [-0.15, -0.1) is 0 Å². The third-order valence-corrected chi connectivity index (χ3v) is 3.65. The summed E-state index contributed by atoms with van der Waals surface area (Å²) >= 11 is 0. The zero-order valence-electron chi connectivity index (χ0n) is 11.7. The van der Waals surface area contributed by atoms with Gasteiger partial charge in [-0.3, -0.25) is 9.88 Å². The van der Waals surface area contributed by atoms with Crippen molar-refractivity contribution in [3.8, 4) is 0 Å². The molecule has 2 heterocycles. The van der Waals surface area contributed by atoms with Gasteiger partial charge in [0.1, 0.15) is 0 Å². The molecule has 2 unspecified atom stereocenters. The first-order chi connectivity index (χ1) is 9.74. The number of aliphatic hydroxyl groups is 1. The van der Waals surface area contributed by atoms with E-state index in [-0.39, 0.29) is 18.8 Å². The lowest BCUT2D eigenvalue weighted by Gasteiger charge is -2.35. The minimum atomic E-state index is -0.0841. The Morgan fingerprint density at radius 1 is 1.25 bits per heavy atom. The summed E-state index contributed by atoms with van der Waals surface area (Å²) in [6.07, 6.45) is 0.0700. The molecule has 1 fully saturated rings. The summed E-state index contributed by atoms with van der Waals surface area (Å²) < 4.78 is 5.66. The van der Waals surface area contributed by atoms with E-state index in [2.05, 4.69) is 23.1 Å². The Balaban J connectivity index is 1.75. The Kier molecular flexibility index (Phi) is 3.96. The monoisotopic (exact) mass is 272 g/mol. The number of ether oxygens (including phenoxy) is 1. The van der Waals surface area contributed by atoms with Crippen LogP contribution in [0.1, 0.15) is 12.6 Å². The molecule has 1 saturated heterocycles. The third-order valence-electron chi connectivity index (χ3n) is 3.65. The Morgan fingerprint density at radius 3 is 2.95 bits per heavy atom. The fourth-order valence-electron chi connectivity index (χ4n) is 2.80. The number of para-hydroxylation sites is 1. The largest absolute Gasteiger partial charge is 0.394 e. The van der Waals surface area contributed by atoms with E-state index in [9.17, 15) is 5.11 Å². The first-order valence-corrected chi connectivity index (χ1v) is 7.08. The summed E-state index contributed by atoms with van der Waals surface area (Å²) in [5.74, 6) is 0. The van der Waals surface area contributed by atoms with Gasteiger partial charge in [-0.05, 0) is 19.1 Å². The Labute approximate surface area is 119 Å². The molecule has 0 aliphatic carbocycles. The topological polar surface area (TPSA) is 45.6 Å². The minimum absolute atomic E-state index is 0.0754.